The molecule has 0 spiro atoms. The summed E-state index contributed by atoms with van der Waals surface area (Å²) in [7, 11) is 0. The van der Waals surface area contributed by atoms with Crippen molar-refractivity contribution < 1.29 is 4.79 Å². The minimum atomic E-state index is -0.483. The normalized spacial score (nSPS) is 22.1. The van der Waals surface area contributed by atoms with Crippen molar-refractivity contribution in [1.82, 2.24) is 10.2 Å². The number of piperidine rings is 1. The molecule has 0 aromatic heterocycles. The molecule has 1 aliphatic rings. The third-order valence-electron chi connectivity index (χ3n) is 3.94. The predicted molar refractivity (Wildman–Crippen MR) is 75.3 cm³/mol. The Kier molecular flexibility index (Phi) is 5.60. The van der Waals surface area contributed by atoms with E-state index >= 15 is 0 Å². The second-order valence-corrected chi connectivity index (χ2v) is 6.09. The molecule has 0 bridgehead atoms. The lowest BCUT2D eigenvalue weighted by Gasteiger charge is -2.42. The van der Waals surface area contributed by atoms with Crippen molar-refractivity contribution in [2.75, 3.05) is 19.6 Å². The maximum absolute atomic E-state index is 11.8. The average Bonchev–Trinajstić information content (AvgIpc) is 2.30. The molecule has 0 aliphatic carbocycles. The number of hydrogen-bond acceptors (Lipinski definition) is 3. The minimum absolute atomic E-state index is 0.188. The first-order valence-electron chi connectivity index (χ1n) is 7.19. The van der Waals surface area contributed by atoms with Gasteiger partial charge in [0.05, 0.1) is 0 Å². The van der Waals surface area contributed by atoms with Gasteiger partial charge in [0.15, 0.2) is 0 Å². The molecule has 0 aromatic carbocycles. The molecule has 1 atom stereocenters. The Labute approximate surface area is 111 Å². The Hall–Kier alpha value is -0.610. The summed E-state index contributed by atoms with van der Waals surface area (Å²) in [4.78, 5) is 14.2. The van der Waals surface area contributed by atoms with E-state index in [2.05, 4.69) is 37.9 Å². The smallest absolute Gasteiger partial charge is 0.237 e. The van der Waals surface area contributed by atoms with Crippen LogP contribution in [0, 0.1) is 5.92 Å². The van der Waals surface area contributed by atoms with Crippen LogP contribution in [0.4, 0.5) is 0 Å². The lowest BCUT2D eigenvalue weighted by atomic mass is 9.85. The molecule has 4 nitrogen and oxygen atoms in total. The number of carbonyl (C=O) groups is 1. The Morgan fingerprint density at radius 3 is 2.28 bits per heavy atom. The summed E-state index contributed by atoms with van der Waals surface area (Å²) < 4.78 is 0. The summed E-state index contributed by atoms with van der Waals surface area (Å²) in [6, 6.07) is 0.342. The van der Waals surface area contributed by atoms with Crippen molar-refractivity contribution >= 4 is 5.91 Å². The van der Waals surface area contributed by atoms with Gasteiger partial charge < -0.3 is 16.0 Å². The number of nitrogens with two attached hydrogens (primary N) is 1. The van der Waals surface area contributed by atoms with Gasteiger partial charge in [0, 0.05) is 25.7 Å². The fourth-order valence-corrected chi connectivity index (χ4v) is 2.67. The van der Waals surface area contributed by atoms with Crippen molar-refractivity contribution in [2.45, 2.75) is 58.5 Å². The standard InChI is InChI=1S/C14H29N3O/c1-5-12(4)16-14(13(15)18)6-8-17(9-7-14)10-11(2)3/h11-12,16H,5-10H2,1-4H3,(H2,15,18). The molecule has 1 heterocycles. The first kappa shape index (κ1) is 15.4. The topological polar surface area (TPSA) is 58.4 Å². The first-order chi connectivity index (χ1) is 8.39. The second-order valence-electron chi connectivity index (χ2n) is 6.09. The molecule has 0 aromatic rings. The fourth-order valence-electron chi connectivity index (χ4n) is 2.67. The fraction of sp³-hybridized carbons (Fsp3) is 0.929. The molecule has 1 amide bonds. The van der Waals surface area contributed by atoms with Crippen molar-refractivity contribution in [1.29, 1.82) is 0 Å². The van der Waals surface area contributed by atoms with Gasteiger partial charge >= 0.3 is 0 Å². The SMILES string of the molecule is CCC(C)NC1(C(N)=O)CCN(CC(C)C)CC1. The van der Waals surface area contributed by atoms with Gasteiger partial charge in [-0.2, -0.15) is 0 Å². The summed E-state index contributed by atoms with van der Waals surface area (Å²) in [5, 5.41) is 3.45. The van der Waals surface area contributed by atoms with Crippen LogP contribution in [-0.2, 0) is 4.79 Å². The van der Waals surface area contributed by atoms with Gasteiger partial charge in [0.2, 0.25) is 5.91 Å². The van der Waals surface area contributed by atoms with E-state index in [1.54, 1.807) is 0 Å². The van der Waals surface area contributed by atoms with Crippen LogP contribution in [-0.4, -0.2) is 42.0 Å². The lowest BCUT2D eigenvalue weighted by Crippen LogP contribution is -2.62. The quantitative estimate of drug-likeness (QED) is 0.753. The van der Waals surface area contributed by atoms with Crippen molar-refractivity contribution in [3.8, 4) is 0 Å². The summed E-state index contributed by atoms with van der Waals surface area (Å²) in [6.45, 7) is 11.7. The van der Waals surface area contributed by atoms with E-state index in [9.17, 15) is 4.79 Å². The molecular weight excluding hydrogens is 226 g/mol. The number of rotatable bonds is 6. The van der Waals surface area contributed by atoms with Crippen LogP contribution >= 0.6 is 0 Å². The molecule has 0 radical (unpaired) electrons. The van der Waals surface area contributed by atoms with Gasteiger partial charge in [0.25, 0.3) is 0 Å². The Balaban J connectivity index is 2.60. The highest BCUT2D eigenvalue weighted by Crippen LogP contribution is 2.23. The molecule has 4 heteroatoms. The number of amides is 1. The zero-order valence-electron chi connectivity index (χ0n) is 12.3. The monoisotopic (exact) mass is 255 g/mol. The molecule has 3 N–H and O–H groups in total. The highest BCUT2D eigenvalue weighted by atomic mass is 16.1. The first-order valence-corrected chi connectivity index (χ1v) is 7.19. The zero-order valence-corrected chi connectivity index (χ0v) is 12.3. The predicted octanol–water partition coefficient (Wildman–Crippen LogP) is 1.35. The summed E-state index contributed by atoms with van der Waals surface area (Å²) in [5.74, 6) is 0.487. The molecule has 18 heavy (non-hydrogen) atoms. The van der Waals surface area contributed by atoms with Crippen LogP contribution in [0.3, 0.4) is 0 Å². The molecule has 0 saturated carbocycles. The molecular formula is C14H29N3O. The molecule has 1 saturated heterocycles. The zero-order chi connectivity index (χ0) is 13.8. The number of primary amides is 1. The van der Waals surface area contributed by atoms with Crippen LogP contribution in [0.5, 0.6) is 0 Å². The summed E-state index contributed by atoms with van der Waals surface area (Å²) >= 11 is 0. The van der Waals surface area contributed by atoms with E-state index in [1.807, 2.05) is 0 Å². The minimum Gasteiger partial charge on any atom is -0.368 e. The van der Waals surface area contributed by atoms with Crippen LogP contribution < -0.4 is 11.1 Å². The molecule has 106 valence electrons. The second kappa shape index (κ2) is 6.53. The van der Waals surface area contributed by atoms with Crippen LogP contribution in [0.2, 0.25) is 0 Å². The van der Waals surface area contributed by atoms with E-state index in [0.717, 1.165) is 38.9 Å². The van der Waals surface area contributed by atoms with E-state index < -0.39 is 5.54 Å². The number of hydrogen-bond donors (Lipinski definition) is 2. The third kappa shape index (κ3) is 3.95. The summed E-state index contributed by atoms with van der Waals surface area (Å²) in [6.07, 6.45) is 2.68. The number of carbonyl (C=O) groups excluding carboxylic acids is 1. The Morgan fingerprint density at radius 1 is 1.33 bits per heavy atom. The lowest BCUT2D eigenvalue weighted by molar-refractivity contribution is -0.126. The van der Waals surface area contributed by atoms with Gasteiger partial charge in [-0.25, -0.2) is 0 Å². The van der Waals surface area contributed by atoms with E-state index in [-0.39, 0.29) is 5.91 Å². The molecule has 1 unspecified atom stereocenters. The Bertz CT molecular complexity index is 270. The average molecular weight is 255 g/mol. The van der Waals surface area contributed by atoms with Crippen molar-refractivity contribution in [2.24, 2.45) is 11.7 Å². The van der Waals surface area contributed by atoms with Gasteiger partial charge in [-0.15, -0.1) is 0 Å². The van der Waals surface area contributed by atoms with Crippen LogP contribution in [0.25, 0.3) is 0 Å². The van der Waals surface area contributed by atoms with Crippen molar-refractivity contribution in [3.05, 3.63) is 0 Å². The van der Waals surface area contributed by atoms with Gasteiger partial charge in [-0.1, -0.05) is 20.8 Å². The number of nitrogens with zero attached hydrogens (tertiary/aromatic N) is 1. The maximum Gasteiger partial charge on any atom is 0.237 e. The molecule has 1 aliphatic heterocycles. The third-order valence-corrected chi connectivity index (χ3v) is 3.94. The largest absolute Gasteiger partial charge is 0.368 e. The number of likely N-dealkylation sites (tertiary alicyclic amines) is 1. The number of nitrogens with one attached hydrogen (secondary N) is 1. The van der Waals surface area contributed by atoms with Gasteiger partial charge in [-0.3, -0.25) is 4.79 Å². The van der Waals surface area contributed by atoms with E-state index in [4.69, 9.17) is 5.73 Å². The van der Waals surface area contributed by atoms with E-state index in [0.29, 0.717) is 12.0 Å². The Morgan fingerprint density at radius 2 is 1.89 bits per heavy atom. The van der Waals surface area contributed by atoms with Gasteiger partial charge in [0.1, 0.15) is 5.54 Å². The molecule has 1 fully saturated rings. The van der Waals surface area contributed by atoms with Crippen LogP contribution in [0.1, 0.15) is 47.0 Å². The van der Waals surface area contributed by atoms with E-state index in [1.165, 1.54) is 0 Å². The highest BCUT2D eigenvalue weighted by molar-refractivity contribution is 5.84. The molecule has 1 rings (SSSR count). The van der Waals surface area contributed by atoms with Gasteiger partial charge in [-0.05, 0) is 32.1 Å². The maximum atomic E-state index is 11.8. The summed E-state index contributed by atoms with van der Waals surface area (Å²) in [5.41, 5.74) is 5.15. The van der Waals surface area contributed by atoms with Crippen LogP contribution in [0.15, 0.2) is 0 Å². The van der Waals surface area contributed by atoms with Crippen molar-refractivity contribution in [3.63, 3.8) is 0 Å². The highest BCUT2D eigenvalue weighted by Gasteiger charge is 2.40.